The molecule has 102 valence electrons. The molecule has 1 N–H and O–H groups in total. The third-order valence-corrected chi connectivity index (χ3v) is 2.13. The van der Waals surface area contributed by atoms with Crippen LogP contribution in [0.25, 0.3) is 0 Å². The summed E-state index contributed by atoms with van der Waals surface area (Å²) >= 11 is 0. The second-order valence-corrected chi connectivity index (χ2v) is 5.22. The molecule has 4 heteroatoms. The highest BCUT2D eigenvalue weighted by Gasteiger charge is 2.20. The average Bonchev–Trinajstić information content (AvgIpc) is 2.20. The normalized spacial score (nSPS) is 11.4. The Morgan fingerprint density at radius 2 is 1.76 bits per heavy atom. The largest absolute Gasteiger partial charge is 0.444 e. The molecular formula is C13H28N2O2. The zero-order chi connectivity index (χ0) is 13.3. The molecule has 0 aromatic rings. The van der Waals surface area contributed by atoms with E-state index in [4.69, 9.17) is 4.74 Å². The molecule has 0 bridgehead atoms. The molecule has 0 atom stereocenters. The lowest BCUT2D eigenvalue weighted by Crippen LogP contribution is -2.41. The van der Waals surface area contributed by atoms with Crippen molar-refractivity contribution in [1.82, 2.24) is 10.2 Å². The maximum atomic E-state index is 11.9. The number of carbonyl (C=O) groups excluding carboxylic acids is 1. The molecule has 4 nitrogen and oxygen atoms in total. The third-order valence-electron chi connectivity index (χ3n) is 2.13. The Kier molecular flexibility index (Phi) is 7.96. The van der Waals surface area contributed by atoms with Gasteiger partial charge >= 0.3 is 6.09 Å². The Morgan fingerprint density at radius 1 is 1.12 bits per heavy atom. The topological polar surface area (TPSA) is 41.6 Å². The maximum Gasteiger partial charge on any atom is 0.410 e. The van der Waals surface area contributed by atoms with E-state index >= 15 is 0 Å². The molecule has 1 amide bonds. The minimum atomic E-state index is -0.417. The minimum absolute atomic E-state index is 0.211. The summed E-state index contributed by atoms with van der Waals surface area (Å²) in [5.74, 6) is 0. The minimum Gasteiger partial charge on any atom is -0.444 e. The van der Waals surface area contributed by atoms with Crippen molar-refractivity contribution in [3.63, 3.8) is 0 Å². The molecule has 0 saturated heterocycles. The Hall–Kier alpha value is -0.770. The van der Waals surface area contributed by atoms with Gasteiger partial charge in [0.2, 0.25) is 0 Å². The molecule has 0 rings (SSSR count). The Labute approximate surface area is 106 Å². The molecule has 0 aromatic heterocycles. The highest BCUT2D eigenvalue weighted by atomic mass is 16.6. The van der Waals surface area contributed by atoms with Crippen LogP contribution in [0, 0.1) is 0 Å². The van der Waals surface area contributed by atoms with E-state index in [0.717, 1.165) is 32.5 Å². The summed E-state index contributed by atoms with van der Waals surface area (Å²) in [5, 5.41) is 3.29. The number of nitrogens with one attached hydrogen (secondary N) is 1. The molecule has 0 fully saturated rings. The van der Waals surface area contributed by atoms with Gasteiger partial charge in [-0.3, -0.25) is 0 Å². The first-order chi connectivity index (χ1) is 7.90. The fraction of sp³-hybridized carbons (Fsp3) is 0.923. The quantitative estimate of drug-likeness (QED) is 0.700. The van der Waals surface area contributed by atoms with Crippen LogP contribution in [-0.2, 0) is 4.74 Å². The van der Waals surface area contributed by atoms with E-state index in [2.05, 4.69) is 19.2 Å². The Morgan fingerprint density at radius 3 is 2.24 bits per heavy atom. The number of hydrogen-bond acceptors (Lipinski definition) is 3. The van der Waals surface area contributed by atoms with E-state index < -0.39 is 5.60 Å². The van der Waals surface area contributed by atoms with Gasteiger partial charge in [0.05, 0.1) is 0 Å². The first-order valence-corrected chi connectivity index (χ1v) is 6.59. The summed E-state index contributed by atoms with van der Waals surface area (Å²) in [7, 11) is 0. The van der Waals surface area contributed by atoms with Crippen LogP contribution in [0.5, 0.6) is 0 Å². The van der Waals surface area contributed by atoms with Crippen molar-refractivity contribution in [2.75, 3.05) is 26.2 Å². The van der Waals surface area contributed by atoms with Crippen LogP contribution >= 0.6 is 0 Å². The Balaban J connectivity index is 4.07. The van der Waals surface area contributed by atoms with E-state index in [0.29, 0.717) is 6.54 Å². The third kappa shape index (κ3) is 8.98. The molecule has 0 aromatic carbocycles. The zero-order valence-corrected chi connectivity index (χ0v) is 12.0. The van der Waals surface area contributed by atoms with Crippen molar-refractivity contribution in [3.8, 4) is 0 Å². The summed E-state index contributed by atoms with van der Waals surface area (Å²) in [6.45, 7) is 13.2. The van der Waals surface area contributed by atoms with Crippen molar-refractivity contribution >= 4 is 6.09 Å². The lowest BCUT2D eigenvalue weighted by atomic mass is 10.2. The number of hydrogen-bond donors (Lipinski definition) is 1. The summed E-state index contributed by atoms with van der Waals surface area (Å²) in [4.78, 5) is 13.7. The first-order valence-electron chi connectivity index (χ1n) is 6.59. The van der Waals surface area contributed by atoms with Crippen LogP contribution < -0.4 is 5.32 Å². The fourth-order valence-corrected chi connectivity index (χ4v) is 1.41. The van der Waals surface area contributed by atoms with Crippen LogP contribution in [-0.4, -0.2) is 42.8 Å². The van der Waals surface area contributed by atoms with Crippen LogP contribution in [0.1, 0.15) is 47.5 Å². The number of rotatable bonds is 7. The first kappa shape index (κ1) is 16.2. The highest BCUT2D eigenvalue weighted by Crippen LogP contribution is 2.09. The number of amides is 1. The summed E-state index contributed by atoms with van der Waals surface area (Å²) in [5.41, 5.74) is -0.417. The van der Waals surface area contributed by atoms with E-state index in [1.807, 2.05) is 20.8 Å². The second kappa shape index (κ2) is 8.34. The lowest BCUT2D eigenvalue weighted by Gasteiger charge is -2.27. The van der Waals surface area contributed by atoms with Gasteiger partial charge in [-0.05, 0) is 40.2 Å². The number of ether oxygens (including phenoxy) is 1. The van der Waals surface area contributed by atoms with E-state index in [1.54, 1.807) is 4.90 Å². The van der Waals surface area contributed by atoms with Crippen LogP contribution in [0.15, 0.2) is 0 Å². The van der Waals surface area contributed by atoms with Gasteiger partial charge in [-0.25, -0.2) is 4.79 Å². The number of carbonyl (C=O) groups is 1. The molecule has 0 aliphatic rings. The molecule has 0 aliphatic heterocycles. The van der Waals surface area contributed by atoms with Gasteiger partial charge in [-0.1, -0.05) is 13.8 Å². The van der Waals surface area contributed by atoms with Gasteiger partial charge in [-0.15, -0.1) is 0 Å². The standard InChI is InChI=1S/C13H28N2O2/c1-6-8-14-9-11-15(10-7-2)12(16)17-13(3,4)5/h14H,6-11H2,1-5H3. The molecule has 0 heterocycles. The SMILES string of the molecule is CCCNCCN(CCC)C(=O)OC(C)(C)C. The molecule has 0 saturated carbocycles. The van der Waals surface area contributed by atoms with Crippen LogP contribution in [0.3, 0.4) is 0 Å². The maximum absolute atomic E-state index is 11.9. The van der Waals surface area contributed by atoms with Crippen LogP contribution in [0.2, 0.25) is 0 Å². The second-order valence-electron chi connectivity index (χ2n) is 5.22. The van der Waals surface area contributed by atoms with E-state index in [-0.39, 0.29) is 6.09 Å². The molecular weight excluding hydrogens is 216 g/mol. The Bertz CT molecular complexity index is 212. The van der Waals surface area contributed by atoms with Gasteiger partial charge in [0, 0.05) is 19.6 Å². The molecule has 0 spiro atoms. The average molecular weight is 244 g/mol. The number of nitrogens with zero attached hydrogens (tertiary/aromatic N) is 1. The van der Waals surface area contributed by atoms with Gasteiger partial charge in [-0.2, -0.15) is 0 Å². The highest BCUT2D eigenvalue weighted by molar-refractivity contribution is 5.68. The zero-order valence-electron chi connectivity index (χ0n) is 12.0. The summed E-state index contributed by atoms with van der Waals surface area (Å²) in [6.07, 6.45) is 1.85. The van der Waals surface area contributed by atoms with Crippen molar-refractivity contribution in [2.45, 2.75) is 53.1 Å². The van der Waals surface area contributed by atoms with Gasteiger partial charge in [0.25, 0.3) is 0 Å². The van der Waals surface area contributed by atoms with E-state index in [9.17, 15) is 4.79 Å². The molecule has 0 radical (unpaired) electrons. The predicted octanol–water partition coefficient (Wildman–Crippen LogP) is 2.63. The fourth-order valence-electron chi connectivity index (χ4n) is 1.41. The van der Waals surface area contributed by atoms with Gasteiger partial charge < -0.3 is 15.0 Å². The smallest absolute Gasteiger partial charge is 0.410 e. The van der Waals surface area contributed by atoms with Crippen molar-refractivity contribution in [1.29, 1.82) is 0 Å². The monoisotopic (exact) mass is 244 g/mol. The predicted molar refractivity (Wildman–Crippen MR) is 71.3 cm³/mol. The van der Waals surface area contributed by atoms with E-state index in [1.165, 1.54) is 0 Å². The molecule has 0 aliphatic carbocycles. The van der Waals surface area contributed by atoms with Crippen molar-refractivity contribution < 1.29 is 9.53 Å². The lowest BCUT2D eigenvalue weighted by molar-refractivity contribution is 0.0252. The summed E-state index contributed by atoms with van der Waals surface area (Å²) < 4.78 is 5.37. The van der Waals surface area contributed by atoms with Crippen LogP contribution in [0.4, 0.5) is 4.79 Å². The van der Waals surface area contributed by atoms with Crippen molar-refractivity contribution in [3.05, 3.63) is 0 Å². The molecule has 17 heavy (non-hydrogen) atoms. The van der Waals surface area contributed by atoms with Gasteiger partial charge in [0.15, 0.2) is 0 Å². The van der Waals surface area contributed by atoms with Gasteiger partial charge in [0.1, 0.15) is 5.60 Å². The summed E-state index contributed by atoms with van der Waals surface area (Å²) in [6, 6.07) is 0. The molecule has 0 unspecified atom stereocenters. The van der Waals surface area contributed by atoms with Crippen molar-refractivity contribution in [2.24, 2.45) is 0 Å².